The predicted octanol–water partition coefficient (Wildman–Crippen LogP) is 3.42. The number of hydrogen-bond donors (Lipinski definition) is 2. The number of methoxy groups -OCH3 is 1. The standard InChI is InChI=1S/C22H28N6O.HI/c1-16-13-17(2)28(27-16)21-10-9-18(14-25-21)15-26-22(23-3)24-12-11-19-7-5-6-8-20(19)29-4;/h5-10,13-14H,11-12,15H2,1-4H3,(H2,23,24,26);1H. The molecule has 2 N–H and O–H groups in total. The highest BCUT2D eigenvalue weighted by atomic mass is 127. The first-order valence-electron chi connectivity index (χ1n) is 9.65. The SMILES string of the molecule is CN=C(NCCc1ccccc1OC)NCc1ccc(-n2nc(C)cc2C)nc1.I. The zero-order chi connectivity index (χ0) is 20.6. The van der Waals surface area contributed by atoms with Gasteiger partial charge in [-0.3, -0.25) is 4.99 Å². The average Bonchev–Trinajstić information content (AvgIpc) is 3.09. The van der Waals surface area contributed by atoms with Gasteiger partial charge in [-0.2, -0.15) is 5.10 Å². The second kappa shape index (κ2) is 11.5. The van der Waals surface area contributed by atoms with Gasteiger partial charge in [-0.05, 0) is 49.6 Å². The number of halogens is 1. The van der Waals surface area contributed by atoms with Gasteiger partial charge < -0.3 is 15.4 Å². The van der Waals surface area contributed by atoms with Gasteiger partial charge in [0.15, 0.2) is 11.8 Å². The lowest BCUT2D eigenvalue weighted by atomic mass is 10.1. The molecule has 8 heteroatoms. The fourth-order valence-corrected chi connectivity index (χ4v) is 3.14. The molecule has 0 saturated carbocycles. The van der Waals surface area contributed by atoms with Gasteiger partial charge in [-0.25, -0.2) is 9.67 Å². The molecule has 1 aromatic carbocycles. The second-order valence-corrected chi connectivity index (χ2v) is 6.78. The van der Waals surface area contributed by atoms with E-state index in [2.05, 4.69) is 31.8 Å². The largest absolute Gasteiger partial charge is 0.496 e. The van der Waals surface area contributed by atoms with Crippen LogP contribution >= 0.6 is 24.0 Å². The third kappa shape index (κ3) is 6.19. The Morgan fingerprint density at radius 3 is 2.57 bits per heavy atom. The van der Waals surface area contributed by atoms with Crippen molar-refractivity contribution in [1.29, 1.82) is 0 Å². The molecule has 0 atom stereocenters. The zero-order valence-electron chi connectivity index (χ0n) is 17.8. The van der Waals surface area contributed by atoms with E-state index in [-0.39, 0.29) is 24.0 Å². The molecule has 0 saturated heterocycles. The first-order chi connectivity index (χ1) is 14.1. The van der Waals surface area contributed by atoms with Crippen molar-refractivity contribution in [1.82, 2.24) is 25.4 Å². The zero-order valence-corrected chi connectivity index (χ0v) is 20.2. The van der Waals surface area contributed by atoms with E-state index in [1.165, 1.54) is 5.56 Å². The molecule has 0 amide bonds. The molecule has 0 aliphatic carbocycles. The Kier molecular flexibility index (Phi) is 9.10. The summed E-state index contributed by atoms with van der Waals surface area (Å²) in [6, 6.07) is 14.1. The molecule has 30 heavy (non-hydrogen) atoms. The fraction of sp³-hybridized carbons (Fsp3) is 0.318. The Hall–Kier alpha value is -2.62. The van der Waals surface area contributed by atoms with Gasteiger partial charge in [-0.15, -0.1) is 24.0 Å². The molecule has 0 bridgehead atoms. The quantitative estimate of drug-likeness (QED) is 0.284. The van der Waals surface area contributed by atoms with E-state index in [1.54, 1.807) is 14.2 Å². The van der Waals surface area contributed by atoms with E-state index in [0.29, 0.717) is 6.54 Å². The lowest BCUT2D eigenvalue weighted by Crippen LogP contribution is -2.37. The number of guanidine groups is 1. The van der Waals surface area contributed by atoms with E-state index >= 15 is 0 Å². The number of nitrogens with zero attached hydrogens (tertiary/aromatic N) is 4. The monoisotopic (exact) mass is 520 g/mol. The summed E-state index contributed by atoms with van der Waals surface area (Å²) < 4.78 is 7.25. The second-order valence-electron chi connectivity index (χ2n) is 6.78. The van der Waals surface area contributed by atoms with Gasteiger partial charge in [0, 0.05) is 32.0 Å². The van der Waals surface area contributed by atoms with Gasteiger partial charge in [0.25, 0.3) is 0 Å². The Morgan fingerprint density at radius 2 is 1.93 bits per heavy atom. The first-order valence-corrected chi connectivity index (χ1v) is 9.65. The summed E-state index contributed by atoms with van der Waals surface area (Å²) in [6.45, 7) is 5.40. The van der Waals surface area contributed by atoms with Crippen LogP contribution in [0.4, 0.5) is 0 Å². The van der Waals surface area contributed by atoms with Crippen molar-refractivity contribution >= 4 is 29.9 Å². The van der Waals surface area contributed by atoms with Crippen LogP contribution in [0.15, 0.2) is 53.7 Å². The summed E-state index contributed by atoms with van der Waals surface area (Å²) in [5.74, 6) is 2.48. The normalized spacial score (nSPS) is 11.0. The molecule has 0 aliphatic heterocycles. The molecule has 0 spiro atoms. The van der Waals surface area contributed by atoms with Crippen molar-refractivity contribution in [2.24, 2.45) is 4.99 Å². The Morgan fingerprint density at radius 1 is 1.13 bits per heavy atom. The van der Waals surface area contributed by atoms with E-state index in [1.807, 2.05) is 61.1 Å². The number of nitrogens with one attached hydrogen (secondary N) is 2. The maximum atomic E-state index is 5.40. The molecule has 0 radical (unpaired) electrons. The van der Waals surface area contributed by atoms with Crippen molar-refractivity contribution in [2.45, 2.75) is 26.8 Å². The summed E-state index contributed by atoms with van der Waals surface area (Å²) in [6.07, 6.45) is 2.71. The fourth-order valence-electron chi connectivity index (χ4n) is 3.14. The van der Waals surface area contributed by atoms with Crippen LogP contribution < -0.4 is 15.4 Å². The van der Waals surface area contributed by atoms with Crippen LogP contribution in [0.2, 0.25) is 0 Å². The number of benzene rings is 1. The van der Waals surface area contributed by atoms with Crippen LogP contribution in [0.5, 0.6) is 5.75 Å². The molecule has 3 aromatic rings. The maximum Gasteiger partial charge on any atom is 0.191 e. The summed E-state index contributed by atoms with van der Waals surface area (Å²) in [5.41, 5.74) is 4.29. The van der Waals surface area contributed by atoms with Crippen molar-refractivity contribution in [2.75, 3.05) is 20.7 Å². The topological polar surface area (TPSA) is 76.4 Å². The smallest absolute Gasteiger partial charge is 0.191 e. The van der Waals surface area contributed by atoms with E-state index in [9.17, 15) is 0 Å². The number of pyridine rings is 1. The van der Waals surface area contributed by atoms with Gasteiger partial charge in [0.2, 0.25) is 0 Å². The summed E-state index contributed by atoms with van der Waals surface area (Å²) >= 11 is 0. The van der Waals surface area contributed by atoms with Crippen LogP contribution in [0.1, 0.15) is 22.5 Å². The number of aromatic nitrogens is 3. The molecule has 2 aromatic heterocycles. The molecule has 0 fully saturated rings. The highest BCUT2D eigenvalue weighted by Crippen LogP contribution is 2.17. The molecule has 7 nitrogen and oxygen atoms in total. The number of aliphatic imine (C=N–C) groups is 1. The number of ether oxygens (including phenoxy) is 1. The third-order valence-electron chi connectivity index (χ3n) is 4.60. The van der Waals surface area contributed by atoms with Crippen LogP contribution in [0.3, 0.4) is 0 Å². The first kappa shape index (κ1) is 23.7. The molecule has 2 heterocycles. The van der Waals surface area contributed by atoms with Gasteiger partial charge in [0.1, 0.15) is 5.75 Å². The minimum atomic E-state index is 0. The average molecular weight is 520 g/mol. The number of para-hydroxylation sites is 1. The van der Waals surface area contributed by atoms with Crippen LogP contribution in [-0.4, -0.2) is 41.4 Å². The molecule has 3 rings (SSSR count). The third-order valence-corrected chi connectivity index (χ3v) is 4.60. The summed E-state index contributed by atoms with van der Waals surface area (Å²) in [5, 5.41) is 11.1. The van der Waals surface area contributed by atoms with Crippen LogP contribution in [0, 0.1) is 13.8 Å². The number of hydrogen-bond acceptors (Lipinski definition) is 4. The van der Waals surface area contributed by atoms with Crippen molar-refractivity contribution in [3.05, 3.63) is 71.2 Å². The minimum Gasteiger partial charge on any atom is -0.496 e. The van der Waals surface area contributed by atoms with E-state index < -0.39 is 0 Å². The van der Waals surface area contributed by atoms with Crippen molar-refractivity contribution in [3.63, 3.8) is 0 Å². The van der Waals surface area contributed by atoms with Crippen molar-refractivity contribution < 1.29 is 4.74 Å². The lowest BCUT2D eigenvalue weighted by molar-refractivity contribution is 0.409. The Balaban J connectivity index is 0.00000320. The Bertz CT molecular complexity index is 968. The van der Waals surface area contributed by atoms with Gasteiger partial charge in [-0.1, -0.05) is 24.3 Å². The minimum absolute atomic E-state index is 0. The van der Waals surface area contributed by atoms with Gasteiger partial charge in [0.05, 0.1) is 12.8 Å². The van der Waals surface area contributed by atoms with Crippen LogP contribution in [-0.2, 0) is 13.0 Å². The van der Waals surface area contributed by atoms with E-state index in [4.69, 9.17) is 4.74 Å². The molecule has 0 aliphatic rings. The molecular formula is C22H29IN6O. The van der Waals surface area contributed by atoms with Crippen molar-refractivity contribution in [3.8, 4) is 11.6 Å². The highest BCUT2D eigenvalue weighted by Gasteiger charge is 2.06. The molecule has 0 unspecified atom stereocenters. The highest BCUT2D eigenvalue weighted by molar-refractivity contribution is 14.0. The predicted molar refractivity (Wildman–Crippen MR) is 131 cm³/mol. The number of aryl methyl sites for hydroxylation is 2. The number of rotatable bonds is 7. The molecular weight excluding hydrogens is 491 g/mol. The summed E-state index contributed by atoms with van der Waals surface area (Å²) in [7, 11) is 3.46. The summed E-state index contributed by atoms with van der Waals surface area (Å²) in [4.78, 5) is 8.82. The lowest BCUT2D eigenvalue weighted by Gasteiger charge is -2.13. The van der Waals surface area contributed by atoms with Crippen LogP contribution in [0.25, 0.3) is 5.82 Å². The van der Waals surface area contributed by atoms with Gasteiger partial charge >= 0.3 is 0 Å². The Labute approximate surface area is 195 Å². The van der Waals surface area contributed by atoms with E-state index in [0.717, 1.165) is 47.4 Å². The molecule has 160 valence electrons. The maximum absolute atomic E-state index is 5.40.